The third kappa shape index (κ3) is 2.51. The first-order valence-corrected chi connectivity index (χ1v) is 6.96. The molecule has 1 atom stereocenters. The van der Waals surface area contributed by atoms with Crippen molar-refractivity contribution in [1.82, 2.24) is 5.32 Å². The van der Waals surface area contributed by atoms with Gasteiger partial charge in [0, 0.05) is 11.6 Å². The van der Waals surface area contributed by atoms with E-state index < -0.39 is 17.9 Å². The molecule has 1 aliphatic rings. The van der Waals surface area contributed by atoms with Crippen LogP contribution in [-0.4, -0.2) is 23.6 Å². The Labute approximate surface area is 134 Å². The molecule has 2 N–H and O–H groups in total. The fourth-order valence-electron chi connectivity index (χ4n) is 2.14. The third-order valence-corrected chi connectivity index (χ3v) is 4.01. The van der Waals surface area contributed by atoms with E-state index in [0.29, 0.717) is 21.4 Å². The number of carbonyl (C=O) groups is 2. The van der Waals surface area contributed by atoms with Crippen LogP contribution in [0.3, 0.4) is 0 Å². The largest absolute Gasteiger partial charge is 0.489 e. The first-order chi connectivity index (χ1) is 10.5. The number of benzene rings is 1. The quantitative estimate of drug-likeness (QED) is 0.895. The zero-order valence-electron chi connectivity index (χ0n) is 10.9. The smallest absolute Gasteiger partial charge is 0.338 e. The molecule has 0 saturated carbocycles. The lowest BCUT2D eigenvalue weighted by atomic mass is 10.1. The maximum atomic E-state index is 12.1. The number of hydrogen-bond donors (Lipinski definition) is 2. The molecule has 2 heterocycles. The van der Waals surface area contributed by atoms with Crippen LogP contribution in [0.2, 0.25) is 10.0 Å². The van der Waals surface area contributed by atoms with Crippen molar-refractivity contribution in [2.75, 3.05) is 6.61 Å². The van der Waals surface area contributed by atoms with Crippen LogP contribution in [0, 0.1) is 0 Å². The lowest BCUT2D eigenvalue weighted by molar-refractivity contribution is 0.0695. The molecule has 114 valence electrons. The average Bonchev–Trinajstić information content (AvgIpc) is 3.10. The van der Waals surface area contributed by atoms with E-state index in [4.69, 9.17) is 37.5 Å². The van der Waals surface area contributed by atoms with Gasteiger partial charge < -0.3 is 19.6 Å². The number of carbonyl (C=O) groups excluding carboxylic acids is 1. The van der Waals surface area contributed by atoms with Crippen LogP contribution < -0.4 is 10.1 Å². The van der Waals surface area contributed by atoms with Crippen molar-refractivity contribution in [3.05, 3.63) is 51.4 Å². The molecule has 22 heavy (non-hydrogen) atoms. The predicted molar refractivity (Wildman–Crippen MR) is 77.8 cm³/mol. The Hall–Kier alpha value is -2.18. The van der Waals surface area contributed by atoms with Crippen molar-refractivity contribution in [2.24, 2.45) is 0 Å². The van der Waals surface area contributed by atoms with E-state index in [1.54, 1.807) is 12.1 Å². The van der Waals surface area contributed by atoms with Crippen LogP contribution in [0.4, 0.5) is 0 Å². The highest BCUT2D eigenvalue weighted by Gasteiger charge is 2.29. The van der Waals surface area contributed by atoms with Crippen molar-refractivity contribution >= 4 is 35.1 Å². The molecule has 2 aromatic rings. The zero-order valence-corrected chi connectivity index (χ0v) is 12.4. The fourth-order valence-corrected chi connectivity index (χ4v) is 2.52. The number of amides is 1. The summed E-state index contributed by atoms with van der Waals surface area (Å²) in [5, 5.41) is 12.2. The highest BCUT2D eigenvalue weighted by atomic mass is 35.5. The van der Waals surface area contributed by atoms with Crippen LogP contribution in [0.15, 0.2) is 28.9 Å². The molecular formula is C14H9Cl2NO5. The molecule has 1 unspecified atom stereocenters. The molecule has 8 heteroatoms. The van der Waals surface area contributed by atoms with Gasteiger partial charge in [-0.15, -0.1) is 0 Å². The first kappa shape index (κ1) is 14.7. The van der Waals surface area contributed by atoms with Crippen molar-refractivity contribution < 1.29 is 23.8 Å². The molecule has 0 bridgehead atoms. The minimum atomic E-state index is -1.17. The number of nitrogens with one attached hydrogen (secondary N) is 1. The van der Waals surface area contributed by atoms with E-state index in [1.165, 1.54) is 0 Å². The molecule has 0 saturated heterocycles. The fraction of sp³-hybridized carbons (Fsp3) is 0.143. The van der Waals surface area contributed by atoms with E-state index in [0.717, 1.165) is 12.3 Å². The number of carboxylic acids is 1. The molecule has 3 rings (SSSR count). The topological polar surface area (TPSA) is 88.8 Å². The summed E-state index contributed by atoms with van der Waals surface area (Å²) in [6.07, 6.45) is 1.01. The summed E-state index contributed by atoms with van der Waals surface area (Å²) in [7, 11) is 0. The Morgan fingerprint density at radius 1 is 1.32 bits per heavy atom. The van der Waals surface area contributed by atoms with E-state index >= 15 is 0 Å². The lowest BCUT2D eigenvalue weighted by Gasteiger charge is -2.10. The number of fused-ring (bicyclic) bond motifs is 1. The van der Waals surface area contributed by atoms with Gasteiger partial charge in [0.25, 0.3) is 5.91 Å². The minimum Gasteiger partial charge on any atom is -0.489 e. The maximum absolute atomic E-state index is 12.1. The summed E-state index contributed by atoms with van der Waals surface area (Å²) in [6.45, 7) is 0.202. The van der Waals surface area contributed by atoms with Crippen LogP contribution >= 0.6 is 23.2 Å². The van der Waals surface area contributed by atoms with Gasteiger partial charge in [-0.1, -0.05) is 29.3 Å². The summed E-state index contributed by atoms with van der Waals surface area (Å²) in [5.41, 5.74) is 0.607. The number of hydrogen-bond acceptors (Lipinski definition) is 4. The highest BCUT2D eigenvalue weighted by molar-refractivity contribution is 6.43. The Bertz CT molecular complexity index is 771. The number of aromatic carboxylic acids is 1. The standard InChI is InChI=1S/C14H9Cl2NO5/c15-8-2-1-7-9(5-22-12(7)11(8)16)17-13(18)10-3-6(4-21-10)14(19)20/h1-4,9H,5H2,(H,17,18)(H,19,20). The van der Waals surface area contributed by atoms with Gasteiger partial charge in [0.1, 0.15) is 23.6 Å². The number of rotatable bonds is 3. The molecule has 0 radical (unpaired) electrons. The summed E-state index contributed by atoms with van der Waals surface area (Å²) >= 11 is 11.9. The van der Waals surface area contributed by atoms with Crippen molar-refractivity contribution in [1.29, 1.82) is 0 Å². The van der Waals surface area contributed by atoms with Gasteiger partial charge >= 0.3 is 5.97 Å². The molecule has 6 nitrogen and oxygen atoms in total. The molecule has 0 aliphatic carbocycles. The predicted octanol–water partition coefficient (Wildman–Crippen LogP) is 3.15. The van der Waals surface area contributed by atoms with Crippen molar-refractivity contribution in [3.63, 3.8) is 0 Å². The Kier molecular flexibility index (Phi) is 3.72. The molecule has 1 aliphatic heterocycles. The number of ether oxygens (including phenoxy) is 1. The highest BCUT2D eigenvalue weighted by Crippen LogP contribution is 2.42. The van der Waals surface area contributed by atoms with Gasteiger partial charge in [-0.2, -0.15) is 0 Å². The average molecular weight is 342 g/mol. The SMILES string of the molecule is O=C(O)c1coc(C(=O)NC2COc3c2ccc(Cl)c3Cl)c1. The second-order valence-corrected chi connectivity index (χ2v) is 5.41. The molecule has 1 aromatic carbocycles. The minimum absolute atomic E-state index is 0.0917. The summed E-state index contributed by atoms with van der Waals surface area (Å²) in [5.74, 6) is -1.37. The van der Waals surface area contributed by atoms with E-state index in [-0.39, 0.29) is 17.9 Å². The van der Waals surface area contributed by atoms with Gasteiger partial charge in [-0.25, -0.2) is 4.79 Å². The molecule has 1 amide bonds. The van der Waals surface area contributed by atoms with E-state index in [2.05, 4.69) is 5.32 Å². The zero-order chi connectivity index (χ0) is 15.9. The van der Waals surface area contributed by atoms with Crippen LogP contribution in [0.1, 0.15) is 32.5 Å². The summed E-state index contributed by atoms with van der Waals surface area (Å²) in [4.78, 5) is 22.9. The summed E-state index contributed by atoms with van der Waals surface area (Å²) in [6, 6.07) is 4.07. The Morgan fingerprint density at radius 3 is 2.77 bits per heavy atom. The van der Waals surface area contributed by atoms with Gasteiger partial charge in [0.05, 0.1) is 16.6 Å². The third-order valence-electron chi connectivity index (χ3n) is 3.23. The first-order valence-electron chi connectivity index (χ1n) is 6.20. The van der Waals surface area contributed by atoms with Crippen molar-refractivity contribution in [2.45, 2.75) is 6.04 Å². The molecule has 0 fully saturated rings. The molecular weight excluding hydrogens is 333 g/mol. The van der Waals surface area contributed by atoms with Gasteiger partial charge in [0.2, 0.25) is 0 Å². The molecule has 1 aromatic heterocycles. The Balaban J connectivity index is 1.79. The van der Waals surface area contributed by atoms with Crippen LogP contribution in [0.25, 0.3) is 0 Å². The Morgan fingerprint density at radius 2 is 2.09 bits per heavy atom. The normalized spacial score (nSPS) is 16.0. The number of halogens is 2. The van der Waals surface area contributed by atoms with Crippen LogP contribution in [0.5, 0.6) is 5.75 Å². The van der Waals surface area contributed by atoms with Gasteiger partial charge in [-0.05, 0) is 6.07 Å². The maximum Gasteiger partial charge on any atom is 0.338 e. The monoisotopic (exact) mass is 341 g/mol. The van der Waals surface area contributed by atoms with E-state index in [9.17, 15) is 9.59 Å². The summed E-state index contributed by atoms with van der Waals surface area (Å²) < 4.78 is 10.4. The number of carboxylic acid groups (broad SMARTS) is 1. The second kappa shape index (κ2) is 5.55. The van der Waals surface area contributed by atoms with Crippen LogP contribution in [-0.2, 0) is 0 Å². The van der Waals surface area contributed by atoms with E-state index in [1.807, 2.05) is 0 Å². The van der Waals surface area contributed by atoms with Gasteiger partial charge in [0.15, 0.2) is 5.76 Å². The van der Waals surface area contributed by atoms with Gasteiger partial charge in [-0.3, -0.25) is 4.79 Å². The number of furan rings is 1. The second-order valence-electron chi connectivity index (χ2n) is 4.62. The lowest BCUT2D eigenvalue weighted by Crippen LogP contribution is -2.29. The van der Waals surface area contributed by atoms with Crippen molar-refractivity contribution in [3.8, 4) is 5.75 Å². The molecule has 0 spiro atoms.